The van der Waals surface area contributed by atoms with Crippen LogP contribution < -0.4 is 5.32 Å². The van der Waals surface area contributed by atoms with Crippen molar-refractivity contribution in [2.75, 3.05) is 5.32 Å². The van der Waals surface area contributed by atoms with E-state index in [0.717, 1.165) is 22.4 Å². The molecule has 2 heterocycles. The number of hydrogen-bond donors (Lipinski definition) is 1. The van der Waals surface area contributed by atoms with E-state index in [2.05, 4.69) is 25.9 Å². The van der Waals surface area contributed by atoms with Gasteiger partial charge in [-0.05, 0) is 23.3 Å². The van der Waals surface area contributed by atoms with Crippen LogP contribution in [0.2, 0.25) is 0 Å². The minimum atomic E-state index is -0.320. The number of amides is 1. The van der Waals surface area contributed by atoms with Crippen LogP contribution in [0.5, 0.6) is 0 Å². The van der Waals surface area contributed by atoms with Gasteiger partial charge in [0.15, 0.2) is 5.69 Å². The Bertz CT molecular complexity index is 1360. The maximum atomic E-state index is 12.7. The van der Waals surface area contributed by atoms with Crippen LogP contribution in [0.4, 0.5) is 5.69 Å². The second-order valence-electron chi connectivity index (χ2n) is 7.61. The molecule has 0 spiro atoms. The lowest BCUT2D eigenvalue weighted by atomic mass is 10.1. The molecule has 162 valence electrons. The summed E-state index contributed by atoms with van der Waals surface area (Å²) in [6.07, 6.45) is 3.53. The Kier molecular flexibility index (Phi) is 5.71. The highest BCUT2D eigenvalue weighted by atomic mass is 16.2. The zero-order valence-electron chi connectivity index (χ0n) is 17.7. The maximum absolute atomic E-state index is 12.7. The van der Waals surface area contributed by atoms with Crippen molar-refractivity contribution in [2.24, 2.45) is 0 Å². The first-order valence-electron chi connectivity index (χ1n) is 10.5. The summed E-state index contributed by atoms with van der Waals surface area (Å²) in [5, 5.41) is 19.5. The van der Waals surface area contributed by atoms with Crippen LogP contribution in [0.1, 0.15) is 21.6 Å². The quantitative estimate of drug-likeness (QED) is 0.419. The van der Waals surface area contributed by atoms with Crippen LogP contribution in [0.15, 0.2) is 97.3 Å². The van der Waals surface area contributed by atoms with Crippen LogP contribution in [0.25, 0.3) is 11.3 Å². The number of benzene rings is 3. The van der Waals surface area contributed by atoms with Crippen molar-refractivity contribution in [2.45, 2.75) is 13.1 Å². The van der Waals surface area contributed by atoms with Gasteiger partial charge in [0, 0.05) is 11.3 Å². The van der Waals surface area contributed by atoms with Gasteiger partial charge in [-0.2, -0.15) is 0 Å². The van der Waals surface area contributed by atoms with Gasteiger partial charge in [0.05, 0.1) is 25.5 Å². The highest BCUT2D eigenvalue weighted by Crippen LogP contribution is 2.21. The Morgan fingerprint density at radius 2 is 1.36 bits per heavy atom. The summed E-state index contributed by atoms with van der Waals surface area (Å²) >= 11 is 0. The van der Waals surface area contributed by atoms with E-state index in [9.17, 15) is 4.79 Å². The van der Waals surface area contributed by atoms with Crippen molar-refractivity contribution >= 4 is 11.6 Å². The lowest BCUT2D eigenvalue weighted by Crippen LogP contribution is -2.12. The minimum Gasteiger partial charge on any atom is -0.321 e. The smallest absolute Gasteiger partial charge is 0.277 e. The van der Waals surface area contributed by atoms with E-state index in [0.29, 0.717) is 18.8 Å². The van der Waals surface area contributed by atoms with E-state index >= 15 is 0 Å². The van der Waals surface area contributed by atoms with E-state index in [1.807, 2.05) is 91.1 Å². The van der Waals surface area contributed by atoms with Crippen LogP contribution in [-0.4, -0.2) is 35.9 Å². The Balaban J connectivity index is 1.26. The van der Waals surface area contributed by atoms with Crippen LogP contribution in [0, 0.1) is 0 Å². The number of aromatic nitrogens is 6. The van der Waals surface area contributed by atoms with Crippen molar-refractivity contribution < 1.29 is 4.79 Å². The lowest BCUT2D eigenvalue weighted by Gasteiger charge is -2.04. The molecule has 0 aliphatic rings. The summed E-state index contributed by atoms with van der Waals surface area (Å²) in [6.45, 7) is 1.19. The number of rotatable bonds is 7. The zero-order valence-corrected chi connectivity index (χ0v) is 17.7. The Morgan fingerprint density at radius 1 is 0.727 bits per heavy atom. The number of carbonyl (C=O) groups is 1. The standard InChI is InChI=1S/C25H21N7O/c33-25(24-18-32(30-28-24)16-20-10-5-2-6-11-20)26-22-13-7-12-21(14-22)23-17-31(29-27-23)15-19-8-3-1-4-9-19/h1-14,17-18H,15-16H2,(H,26,33). The molecule has 8 nitrogen and oxygen atoms in total. The van der Waals surface area contributed by atoms with Crippen LogP contribution in [0.3, 0.4) is 0 Å². The van der Waals surface area contributed by atoms with Crippen molar-refractivity contribution in [3.63, 3.8) is 0 Å². The monoisotopic (exact) mass is 435 g/mol. The van der Waals surface area contributed by atoms with Gasteiger partial charge in [-0.3, -0.25) is 4.79 Å². The highest BCUT2D eigenvalue weighted by molar-refractivity contribution is 6.02. The maximum Gasteiger partial charge on any atom is 0.277 e. The second-order valence-corrected chi connectivity index (χ2v) is 7.61. The van der Waals surface area contributed by atoms with Gasteiger partial charge >= 0.3 is 0 Å². The van der Waals surface area contributed by atoms with Crippen LogP contribution >= 0.6 is 0 Å². The first kappa shape index (κ1) is 20.3. The van der Waals surface area contributed by atoms with Gasteiger partial charge in [-0.1, -0.05) is 83.2 Å². The largest absolute Gasteiger partial charge is 0.321 e. The third kappa shape index (κ3) is 5.01. The summed E-state index contributed by atoms with van der Waals surface area (Å²) in [4.78, 5) is 12.7. The normalized spacial score (nSPS) is 10.8. The summed E-state index contributed by atoms with van der Waals surface area (Å²) in [5.41, 5.74) is 4.73. The van der Waals surface area contributed by atoms with Gasteiger partial charge in [0.25, 0.3) is 5.91 Å². The van der Waals surface area contributed by atoms with Gasteiger partial charge < -0.3 is 5.32 Å². The predicted molar refractivity (Wildman–Crippen MR) is 125 cm³/mol. The van der Waals surface area contributed by atoms with Crippen molar-refractivity contribution in [3.05, 3.63) is 114 Å². The molecule has 1 N–H and O–H groups in total. The molecule has 0 aliphatic carbocycles. The molecule has 1 amide bonds. The van der Waals surface area contributed by atoms with E-state index in [4.69, 9.17) is 0 Å². The molecule has 5 aromatic rings. The first-order valence-corrected chi connectivity index (χ1v) is 10.5. The number of hydrogen-bond acceptors (Lipinski definition) is 5. The van der Waals surface area contributed by atoms with Gasteiger partial charge in [-0.15, -0.1) is 10.2 Å². The van der Waals surface area contributed by atoms with E-state index in [-0.39, 0.29) is 11.6 Å². The topological polar surface area (TPSA) is 90.5 Å². The molecule has 2 aromatic heterocycles. The van der Waals surface area contributed by atoms with Gasteiger partial charge in [-0.25, -0.2) is 9.36 Å². The second kappa shape index (κ2) is 9.27. The SMILES string of the molecule is O=C(Nc1cccc(-c2cn(Cc3ccccc3)nn2)c1)c1cn(Cc2ccccc2)nn1. The molecule has 0 radical (unpaired) electrons. The molecule has 0 aliphatic heterocycles. The average Bonchev–Trinajstić information content (AvgIpc) is 3.51. The molecule has 33 heavy (non-hydrogen) atoms. The summed E-state index contributed by atoms with van der Waals surface area (Å²) in [6, 6.07) is 27.5. The Labute approximate surface area is 190 Å². The number of anilines is 1. The number of nitrogens with one attached hydrogen (secondary N) is 1. The first-order chi connectivity index (χ1) is 16.2. The Morgan fingerprint density at radius 3 is 2.06 bits per heavy atom. The van der Waals surface area contributed by atoms with Gasteiger partial charge in [0.2, 0.25) is 0 Å². The molecule has 0 saturated heterocycles. The Hall–Kier alpha value is -4.59. The minimum absolute atomic E-state index is 0.255. The molecule has 8 heteroatoms. The molecule has 0 atom stereocenters. The molecular formula is C25H21N7O. The van der Waals surface area contributed by atoms with Crippen LogP contribution in [-0.2, 0) is 13.1 Å². The fourth-order valence-corrected chi connectivity index (χ4v) is 3.48. The van der Waals surface area contributed by atoms with Crippen molar-refractivity contribution in [1.29, 1.82) is 0 Å². The lowest BCUT2D eigenvalue weighted by molar-refractivity contribution is 0.102. The van der Waals surface area contributed by atoms with E-state index < -0.39 is 0 Å². The van der Waals surface area contributed by atoms with E-state index in [1.54, 1.807) is 15.6 Å². The molecule has 3 aromatic carbocycles. The zero-order chi connectivity index (χ0) is 22.5. The van der Waals surface area contributed by atoms with Gasteiger partial charge in [0.1, 0.15) is 5.69 Å². The average molecular weight is 435 g/mol. The number of nitrogens with zero attached hydrogens (tertiary/aromatic N) is 6. The summed E-state index contributed by atoms with van der Waals surface area (Å²) in [7, 11) is 0. The van der Waals surface area contributed by atoms with Crippen molar-refractivity contribution in [3.8, 4) is 11.3 Å². The molecule has 0 fully saturated rings. The molecule has 0 saturated carbocycles. The molecule has 0 unspecified atom stereocenters. The third-order valence-electron chi connectivity index (χ3n) is 5.10. The summed E-state index contributed by atoms with van der Waals surface area (Å²) < 4.78 is 3.44. The predicted octanol–water partition coefficient (Wildman–Crippen LogP) is 3.89. The summed E-state index contributed by atoms with van der Waals surface area (Å²) in [5.74, 6) is -0.320. The molecular weight excluding hydrogens is 414 g/mol. The molecule has 5 rings (SSSR count). The third-order valence-corrected chi connectivity index (χ3v) is 5.10. The fourth-order valence-electron chi connectivity index (χ4n) is 3.48. The highest BCUT2D eigenvalue weighted by Gasteiger charge is 2.12. The number of carbonyl (C=O) groups excluding carboxylic acids is 1. The fraction of sp³-hybridized carbons (Fsp3) is 0.0800. The van der Waals surface area contributed by atoms with E-state index in [1.165, 1.54) is 0 Å². The molecule has 0 bridgehead atoms. The van der Waals surface area contributed by atoms with Crippen molar-refractivity contribution in [1.82, 2.24) is 30.0 Å².